The Labute approximate surface area is 111 Å². The molecular formula is C12H10BrN3O2. The summed E-state index contributed by atoms with van der Waals surface area (Å²) in [4.78, 5) is 4.48. The normalized spacial score (nSPS) is 11.0. The number of halogens is 1. The van der Waals surface area contributed by atoms with Crippen molar-refractivity contribution >= 4 is 27.4 Å². The summed E-state index contributed by atoms with van der Waals surface area (Å²) in [5.74, 6) is 1.79. The predicted molar refractivity (Wildman–Crippen MR) is 71.6 cm³/mol. The van der Waals surface area contributed by atoms with Gasteiger partial charge in [-0.3, -0.25) is 4.40 Å². The van der Waals surface area contributed by atoms with E-state index in [1.165, 1.54) is 0 Å². The molecule has 3 aromatic rings. The van der Waals surface area contributed by atoms with E-state index in [9.17, 15) is 0 Å². The molecule has 0 radical (unpaired) electrons. The first kappa shape index (κ1) is 11.2. The van der Waals surface area contributed by atoms with Crippen LogP contribution in [0.4, 0.5) is 5.82 Å². The predicted octanol–water partition coefficient (Wildman–Crippen LogP) is 2.95. The topological polar surface area (TPSA) is 65.7 Å². The molecule has 0 saturated carbocycles. The Bertz CT molecular complexity index is 717. The Morgan fingerprint density at radius 1 is 1.44 bits per heavy atom. The van der Waals surface area contributed by atoms with E-state index in [1.54, 1.807) is 23.8 Å². The maximum Gasteiger partial charge on any atom is 0.182 e. The molecule has 2 N–H and O–H groups in total. The maximum absolute atomic E-state index is 6.09. The summed E-state index contributed by atoms with van der Waals surface area (Å²) < 4.78 is 13.2. The highest BCUT2D eigenvalue weighted by molar-refractivity contribution is 9.10. The number of imidazole rings is 1. The van der Waals surface area contributed by atoms with Gasteiger partial charge in [0.25, 0.3) is 0 Å². The van der Waals surface area contributed by atoms with Gasteiger partial charge in [0.2, 0.25) is 0 Å². The first-order chi connectivity index (χ1) is 8.72. The molecule has 0 aromatic carbocycles. The number of pyridine rings is 1. The van der Waals surface area contributed by atoms with Crippen molar-refractivity contribution in [3.63, 3.8) is 0 Å². The Balaban J connectivity index is 2.32. The number of nitrogen functional groups attached to an aromatic ring is 1. The molecule has 0 aliphatic rings. The van der Waals surface area contributed by atoms with Gasteiger partial charge in [0.05, 0.1) is 17.8 Å². The van der Waals surface area contributed by atoms with E-state index in [1.807, 2.05) is 18.3 Å². The van der Waals surface area contributed by atoms with E-state index in [2.05, 4.69) is 20.9 Å². The average Bonchev–Trinajstić information content (AvgIpc) is 2.93. The minimum Gasteiger partial charge on any atom is -0.493 e. The smallest absolute Gasteiger partial charge is 0.182 e. The fraction of sp³-hybridized carbons (Fsp3) is 0.0833. The van der Waals surface area contributed by atoms with Gasteiger partial charge in [-0.05, 0) is 34.1 Å². The van der Waals surface area contributed by atoms with Gasteiger partial charge in [-0.15, -0.1) is 0 Å². The quantitative estimate of drug-likeness (QED) is 0.790. The van der Waals surface area contributed by atoms with E-state index >= 15 is 0 Å². The highest BCUT2D eigenvalue weighted by Crippen LogP contribution is 2.34. The van der Waals surface area contributed by atoms with Crippen molar-refractivity contribution in [1.82, 2.24) is 9.38 Å². The molecule has 18 heavy (non-hydrogen) atoms. The lowest BCUT2D eigenvalue weighted by Crippen LogP contribution is -1.94. The first-order valence-electron chi connectivity index (χ1n) is 5.26. The number of ether oxygens (including phenoxy) is 1. The van der Waals surface area contributed by atoms with E-state index in [0.717, 1.165) is 4.47 Å². The van der Waals surface area contributed by atoms with E-state index < -0.39 is 0 Å². The van der Waals surface area contributed by atoms with Crippen LogP contribution in [0.1, 0.15) is 0 Å². The molecule has 3 aromatic heterocycles. The maximum atomic E-state index is 6.09. The fourth-order valence-electron chi connectivity index (χ4n) is 1.85. The van der Waals surface area contributed by atoms with Gasteiger partial charge in [-0.2, -0.15) is 0 Å². The SMILES string of the molecule is COc1cccn2c(N)c(-c3occc3Br)nc12. The van der Waals surface area contributed by atoms with Crippen LogP contribution in [-0.2, 0) is 0 Å². The Morgan fingerprint density at radius 3 is 2.94 bits per heavy atom. The van der Waals surface area contributed by atoms with Crippen LogP contribution in [0.15, 0.2) is 39.5 Å². The van der Waals surface area contributed by atoms with E-state index in [0.29, 0.717) is 28.7 Å². The van der Waals surface area contributed by atoms with Crippen LogP contribution in [0, 0.1) is 0 Å². The van der Waals surface area contributed by atoms with Crippen molar-refractivity contribution in [2.24, 2.45) is 0 Å². The number of nitrogens with zero attached hydrogens (tertiary/aromatic N) is 2. The van der Waals surface area contributed by atoms with Crippen LogP contribution in [0.2, 0.25) is 0 Å². The second kappa shape index (κ2) is 4.06. The monoisotopic (exact) mass is 307 g/mol. The van der Waals surface area contributed by atoms with Gasteiger partial charge >= 0.3 is 0 Å². The number of nitrogens with two attached hydrogens (primary N) is 1. The molecule has 0 unspecified atom stereocenters. The third-order valence-corrected chi connectivity index (χ3v) is 3.33. The zero-order chi connectivity index (χ0) is 12.7. The van der Waals surface area contributed by atoms with Gasteiger partial charge in [-0.1, -0.05) is 0 Å². The van der Waals surface area contributed by atoms with Crippen molar-refractivity contribution in [3.8, 4) is 17.2 Å². The number of hydrogen-bond donors (Lipinski definition) is 1. The molecule has 0 saturated heterocycles. The van der Waals surface area contributed by atoms with Crippen LogP contribution in [-0.4, -0.2) is 16.5 Å². The Kier molecular flexibility index (Phi) is 2.52. The van der Waals surface area contributed by atoms with Crippen molar-refractivity contribution < 1.29 is 9.15 Å². The fourth-order valence-corrected chi connectivity index (χ4v) is 2.24. The Hall–Kier alpha value is -1.95. The second-order valence-electron chi connectivity index (χ2n) is 3.71. The number of methoxy groups -OCH3 is 1. The van der Waals surface area contributed by atoms with E-state index in [4.69, 9.17) is 14.9 Å². The molecule has 0 bridgehead atoms. The summed E-state index contributed by atoms with van der Waals surface area (Å²) in [7, 11) is 1.60. The summed E-state index contributed by atoms with van der Waals surface area (Å²) in [6, 6.07) is 5.49. The van der Waals surface area contributed by atoms with Crippen LogP contribution in [0.25, 0.3) is 17.1 Å². The summed E-state index contributed by atoms with van der Waals surface area (Å²) in [6.45, 7) is 0. The van der Waals surface area contributed by atoms with Crippen molar-refractivity contribution in [1.29, 1.82) is 0 Å². The lowest BCUT2D eigenvalue weighted by molar-refractivity contribution is 0.417. The van der Waals surface area contributed by atoms with Gasteiger partial charge < -0.3 is 14.9 Å². The number of hydrogen-bond acceptors (Lipinski definition) is 4. The van der Waals surface area contributed by atoms with Crippen LogP contribution in [0.5, 0.6) is 5.75 Å². The van der Waals surface area contributed by atoms with Crippen LogP contribution in [0.3, 0.4) is 0 Å². The number of fused-ring (bicyclic) bond motifs is 1. The number of rotatable bonds is 2. The lowest BCUT2D eigenvalue weighted by atomic mass is 10.3. The number of anilines is 1. The van der Waals surface area contributed by atoms with Crippen LogP contribution >= 0.6 is 15.9 Å². The molecule has 0 fully saturated rings. The lowest BCUT2D eigenvalue weighted by Gasteiger charge is -2.01. The Morgan fingerprint density at radius 2 is 2.28 bits per heavy atom. The molecule has 0 atom stereocenters. The first-order valence-corrected chi connectivity index (χ1v) is 6.05. The molecule has 5 nitrogen and oxygen atoms in total. The third kappa shape index (κ3) is 1.49. The molecular weight excluding hydrogens is 298 g/mol. The summed E-state index contributed by atoms with van der Waals surface area (Å²) >= 11 is 3.40. The molecule has 6 heteroatoms. The zero-order valence-electron chi connectivity index (χ0n) is 9.55. The minimum atomic E-state index is 0.513. The highest BCUT2D eigenvalue weighted by atomic mass is 79.9. The second-order valence-corrected chi connectivity index (χ2v) is 4.57. The molecule has 3 heterocycles. The average molecular weight is 308 g/mol. The largest absolute Gasteiger partial charge is 0.493 e. The number of aromatic nitrogens is 2. The summed E-state index contributed by atoms with van der Waals surface area (Å²) in [6.07, 6.45) is 3.42. The molecule has 92 valence electrons. The zero-order valence-corrected chi connectivity index (χ0v) is 11.1. The molecule has 0 aliphatic heterocycles. The highest BCUT2D eigenvalue weighted by Gasteiger charge is 2.18. The third-order valence-electron chi connectivity index (χ3n) is 2.70. The van der Waals surface area contributed by atoms with Gasteiger partial charge in [-0.25, -0.2) is 4.98 Å². The number of furan rings is 1. The molecule has 3 rings (SSSR count). The van der Waals surface area contributed by atoms with Crippen molar-refractivity contribution in [2.45, 2.75) is 0 Å². The summed E-state index contributed by atoms with van der Waals surface area (Å²) in [5, 5.41) is 0. The van der Waals surface area contributed by atoms with Gasteiger partial charge in [0.15, 0.2) is 17.2 Å². The molecule has 0 amide bonds. The van der Waals surface area contributed by atoms with Gasteiger partial charge in [0.1, 0.15) is 11.5 Å². The van der Waals surface area contributed by atoms with E-state index in [-0.39, 0.29) is 0 Å². The van der Waals surface area contributed by atoms with Crippen molar-refractivity contribution in [2.75, 3.05) is 12.8 Å². The van der Waals surface area contributed by atoms with Gasteiger partial charge in [0, 0.05) is 6.20 Å². The summed E-state index contributed by atoms with van der Waals surface area (Å²) in [5.41, 5.74) is 7.34. The standard InChI is InChI=1S/C12H10BrN3O2/c1-17-8-3-2-5-16-11(14)9(15-12(8)16)10-7(13)4-6-18-10/h2-6H,14H2,1H3. The van der Waals surface area contributed by atoms with Crippen LogP contribution < -0.4 is 10.5 Å². The van der Waals surface area contributed by atoms with Crippen molar-refractivity contribution in [3.05, 3.63) is 35.1 Å². The molecule has 0 spiro atoms. The molecule has 0 aliphatic carbocycles. The minimum absolute atomic E-state index is 0.513.